The molecule has 4 rings (SSSR count). The maximum Gasteiger partial charge on any atom is 0.289 e. The summed E-state index contributed by atoms with van der Waals surface area (Å²) in [4.78, 5) is 27.2. The maximum absolute atomic E-state index is 11.8. The minimum absolute atomic E-state index is 0.0117. The van der Waals surface area contributed by atoms with E-state index >= 15 is 0 Å². The first-order valence-corrected chi connectivity index (χ1v) is 9.57. The number of nitro benzene ring substituents is 1. The van der Waals surface area contributed by atoms with Crippen LogP contribution < -0.4 is 5.32 Å². The van der Waals surface area contributed by atoms with Gasteiger partial charge in [0.2, 0.25) is 0 Å². The van der Waals surface area contributed by atoms with E-state index in [-0.39, 0.29) is 10.9 Å². The molecule has 0 aliphatic carbocycles. The van der Waals surface area contributed by atoms with Gasteiger partial charge in [-0.3, -0.25) is 14.9 Å². The quantitative estimate of drug-likeness (QED) is 0.406. The number of carbonyl (C=O) groups is 1. The van der Waals surface area contributed by atoms with Gasteiger partial charge < -0.3 is 9.73 Å². The maximum atomic E-state index is 11.8. The molecule has 3 aromatic rings. The minimum atomic E-state index is -0.454. The average Bonchev–Trinajstić information content (AvgIpc) is 3.30. The van der Waals surface area contributed by atoms with Gasteiger partial charge in [-0.15, -0.1) is 0 Å². The van der Waals surface area contributed by atoms with Gasteiger partial charge in [0, 0.05) is 22.7 Å². The SMILES string of the molecule is O=C1NC(=Nc2ccc(Cl)cc2)/C(=C/c2ccc(-c3ccc([N+](=O)[O-])cc3)o2)S1. The number of nitrogens with one attached hydrogen (secondary N) is 1. The Bertz CT molecular complexity index is 1150. The summed E-state index contributed by atoms with van der Waals surface area (Å²) in [6.07, 6.45) is 1.71. The van der Waals surface area contributed by atoms with Crippen LogP contribution >= 0.6 is 23.4 Å². The third-order valence-electron chi connectivity index (χ3n) is 3.99. The van der Waals surface area contributed by atoms with Crippen molar-refractivity contribution in [3.63, 3.8) is 0 Å². The third-order valence-corrected chi connectivity index (χ3v) is 5.06. The Balaban J connectivity index is 1.60. The van der Waals surface area contributed by atoms with Crippen molar-refractivity contribution in [3.05, 3.63) is 86.5 Å². The van der Waals surface area contributed by atoms with E-state index in [1.165, 1.54) is 12.1 Å². The zero-order valence-electron chi connectivity index (χ0n) is 14.7. The molecule has 29 heavy (non-hydrogen) atoms. The monoisotopic (exact) mass is 425 g/mol. The first-order valence-electron chi connectivity index (χ1n) is 8.38. The predicted molar refractivity (Wildman–Crippen MR) is 113 cm³/mol. The first kappa shape index (κ1) is 19.0. The number of hydrogen-bond acceptors (Lipinski definition) is 6. The zero-order valence-corrected chi connectivity index (χ0v) is 16.2. The molecular weight excluding hydrogens is 414 g/mol. The van der Waals surface area contributed by atoms with Crippen molar-refractivity contribution >= 4 is 51.9 Å². The number of halogens is 1. The number of furan rings is 1. The standard InChI is InChI=1S/C20H12ClN3O4S/c21-13-3-5-14(6-4-13)22-19-18(29-20(25)23-19)11-16-9-10-17(28-16)12-1-7-15(8-2-12)24(26)27/h1-11H,(H,22,23,25)/b18-11-. The Morgan fingerprint density at radius 1 is 1.07 bits per heavy atom. The normalized spacial score (nSPS) is 16.4. The van der Waals surface area contributed by atoms with Crippen molar-refractivity contribution in [2.45, 2.75) is 0 Å². The highest BCUT2D eigenvalue weighted by molar-refractivity contribution is 8.18. The van der Waals surface area contributed by atoms with Crippen LogP contribution in [0.15, 0.2) is 75.0 Å². The van der Waals surface area contributed by atoms with Crippen LogP contribution in [0.1, 0.15) is 5.76 Å². The van der Waals surface area contributed by atoms with E-state index in [9.17, 15) is 14.9 Å². The number of hydrogen-bond donors (Lipinski definition) is 1. The summed E-state index contributed by atoms with van der Waals surface area (Å²) in [5.41, 5.74) is 1.38. The molecule has 1 aliphatic rings. The van der Waals surface area contributed by atoms with Crippen molar-refractivity contribution in [2.24, 2.45) is 4.99 Å². The number of amides is 1. The molecule has 1 aromatic heterocycles. The minimum Gasteiger partial charge on any atom is -0.457 e. The molecule has 0 unspecified atom stereocenters. The van der Waals surface area contributed by atoms with Gasteiger partial charge in [0.1, 0.15) is 17.4 Å². The molecule has 0 spiro atoms. The Hall–Kier alpha value is -3.36. The van der Waals surface area contributed by atoms with Crippen LogP contribution in [-0.2, 0) is 0 Å². The van der Waals surface area contributed by atoms with Gasteiger partial charge in [-0.25, -0.2) is 4.99 Å². The van der Waals surface area contributed by atoms with Gasteiger partial charge in [-0.2, -0.15) is 0 Å². The van der Waals surface area contributed by atoms with Crippen LogP contribution in [0, 0.1) is 10.1 Å². The van der Waals surface area contributed by atoms with Crippen LogP contribution in [0.2, 0.25) is 5.02 Å². The van der Waals surface area contributed by atoms with Gasteiger partial charge in [0.15, 0.2) is 0 Å². The fourth-order valence-corrected chi connectivity index (χ4v) is 3.46. The van der Waals surface area contributed by atoms with Crippen molar-refractivity contribution < 1.29 is 14.1 Å². The largest absolute Gasteiger partial charge is 0.457 e. The summed E-state index contributed by atoms with van der Waals surface area (Å²) in [5.74, 6) is 1.52. The lowest BCUT2D eigenvalue weighted by molar-refractivity contribution is -0.384. The van der Waals surface area contributed by atoms with Crippen LogP contribution in [0.5, 0.6) is 0 Å². The topological polar surface area (TPSA) is 97.7 Å². The smallest absolute Gasteiger partial charge is 0.289 e. The molecular formula is C20H12ClN3O4S. The van der Waals surface area contributed by atoms with E-state index in [2.05, 4.69) is 10.3 Å². The summed E-state index contributed by atoms with van der Waals surface area (Å²) in [7, 11) is 0. The van der Waals surface area contributed by atoms with Crippen LogP contribution in [0.3, 0.4) is 0 Å². The van der Waals surface area contributed by atoms with E-state index in [0.717, 1.165) is 11.8 Å². The molecule has 1 aliphatic heterocycles. The first-order chi connectivity index (χ1) is 14.0. The number of non-ortho nitro benzene ring substituents is 1. The second-order valence-electron chi connectivity index (χ2n) is 5.97. The Morgan fingerprint density at radius 3 is 2.48 bits per heavy atom. The number of carbonyl (C=O) groups excluding carboxylic acids is 1. The summed E-state index contributed by atoms with van der Waals surface area (Å²) in [6.45, 7) is 0. The fourth-order valence-electron chi connectivity index (χ4n) is 2.62. The van der Waals surface area contributed by atoms with Crippen molar-refractivity contribution in [3.8, 4) is 11.3 Å². The highest BCUT2D eigenvalue weighted by Gasteiger charge is 2.24. The van der Waals surface area contributed by atoms with E-state index in [1.54, 1.807) is 54.6 Å². The number of benzene rings is 2. The molecule has 9 heteroatoms. The highest BCUT2D eigenvalue weighted by atomic mass is 35.5. The molecule has 0 atom stereocenters. The third kappa shape index (κ3) is 4.39. The summed E-state index contributed by atoms with van der Waals surface area (Å²) in [6, 6.07) is 16.5. The molecule has 7 nitrogen and oxygen atoms in total. The second kappa shape index (κ2) is 7.94. The number of nitrogens with zero attached hydrogens (tertiary/aromatic N) is 2. The lowest BCUT2D eigenvalue weighted by Crippen LogP contribution is -2.18. The molecule has 1 amide bonds. The Labute approximate surface area is 174 Å². The van der Waals surface area contributed by atoms with Crippen LogP contribution in [-0.4, -0.2) is 16.0 Å². The molecule has 1 fully saturated rings. The number of thioether (sulfide) groups is 1. The lowest BCUT2D eigenvalue weighted by Gasteiger charge is -1.99. The fraction of sp³-hybridized carbons (Fsp3) is 0. The Kier molecular flexibility index (Phi) is 5.20. The molecule has 2 aromatic carbocycles. The number of amidine groups is 1. The zero-order chi connectivity index (χ0) is 20.4. The van der Waals surface area contributed by atoms with Crippen molar-refractivity contribution in [1.29, 1.82) is 0 Å². The molecule has 1 N–H and O–H groups in total. The molecule has 0 radical (unpaired) electrons. The second-order valence-corrected chi connectivity index (χ2v) is 7.42. The predicted octanol–water partition coefficient (Wildman–Crippen LogP) is 6.04. The van der Waals surface area contributed by atoms with E-state index in [4.69, 9.17) is 16.0 Å². The van der Waals surface area contributed by atoms with Gasteiger partial charge in [-0.1, -0.05) is 11.6 Å². The van der Waals surface area contributed by atoms with Gasteiger partial charge in [-0.05, 0) is 66.4 Å². The molecule has 1 saturated heterocycles. The van der Waals surface area contributed by atoms with E-state index < -0.39 is 4.92 Å². The van der Waals surface area contributed by atoms with E-state index in [1.807, 2.05) is 0 Å². The number of rotatable bonds is 4. The van der Waals surface area contributed by atoms with Crippen molar-refractivity contribution in [1.82, 2.24) is 5.32 Å². The van der Waals surface area contributed by atoms with Crippen LogP contribution in [0.25, 0.3) is 17.4 Å². The summed E-state index contributed by atoms with van der Waals surface area (Å²) >= 11 is 6.91. The lowest BCUT2D eigenvalue weighted by atomic mass is 10.1. The number of aliphatic imine (C=N–C) groups is 1. The molecule has 0 bridgehead atoms. The summed E-state index contributed by atoms with van der Waals surface area (Å²) in [5, 5.41) is 13.9. The highest BCUT2D eigenvalue weighted by Crippen LogP contribution is 2.31. The Morgan fingerprint density at radius 2 is 1.79 bits per heavy atom. The number of nitro groups is 1. The van der Waals surface area contributed by atoms with Gasteiger partial charge in [0.05, 0.1) is 15.5 Å². The van der Waals surface area contributed by atoms with Crippen LogP contribution in [0.4, 0.5) is 16.2 Å². The van der Waals surface area contributed by atoms with Gasteiger partial charge in [0.25, 0.3) is 10.9 Å². The van der Waals surface area contributed by atoms with Gasteiger partial charge >= 0.3 is 0 Å². The molecule has 0 saturated carbocycles. The molecule has 2 heterocycles. The molecule has 144 valence electrons. The average molecular weight is 426 g/mol. The van der Waals surface area contributed by atoms with E-state index in [0.29, 0.717) is 38.5 Å². The van der Waals surface area contributed by atoms with Crippen molar-refractivity contribution in [2.75, 3.05) is 0 Å². The summed E-state index contributed by atoms with van der Waals surface area (Å²) < 4.78 is 5.81.